The summed E-state index contributed by atoms with van der Waals surface area (Å²) >= 11 is 1.29. The number of rotatable bonds is 3. The summed E-state index contributed by atoms with van der Waals surface area (Å²) in [5.41, 5.74) is -0.997. The van der Waals surface area contributed by atoms with Crippen molar-refractivity contribution in [1.82, 2.24) is 19.4 Å². The Bertz CT molecular complexity index is 928. The van der Waals surface area contributed by atoms with E-state index in [1.807, 2.05) is 20.8 Å². The van der Waals surface area contributed by atoms with E-state index in [0.29, 0.717) is 10.3 Å². The van der Waals surface area contributed by atoms with Crippen molar-refractivity contribution in [3.05, 3.63) is 20.8 Å². The first-order valence-corrected chi connectivity index (χ1v) is 9.15. The summed E-state index contributed by atoms with van der Waals surface area (Å²) in [6.07, 6.45) is 2.18. The Morgan fingerprint density at radius 2 is 1.88 bits per heavy atom. The molecule has 1 amide bonds. The van der Waals surface area contributed by atoms with E-state index in [2.05, 4.69) is 15.2 Å². The van der Waals surface area contributed by atoms with Crippen LogP contribution in [0.3, 0.4) is 0 Å². The molecule has 3 heterocycles. The number of anilines is 1. The number of nitrogens with zero attached hydrogens (tertiary/aromatic N) is 4. The van der Waals surface area contributed by atoms with Crippen LogP contribution in [0.5, 0.6) is 0 Å². The Hall–Kier alpha value is -2.16. The number of fused-ring (bicyclic) bond motifs is 1. The molecule has 0 saturated carbocycles. The fraction of sp³-hybridized carbons (Fsp3) is 0.625. The quantitative estimate of drug-likeness (QED) is 0.864. The third-order valence-electron chi connectivity index (χ3n) is 4.06. The van der Waals surface area contributed by atoms with Gasteiger partial charge in [0.15, 0.2) is 10.8 Å². The molecule has 0 bridgehead atoms. The molecule has 1 aliphatic rings. The van der Waals surface area contributed by atoms with E-state index >= 15 is 0 Å². The summed E-state index contributed by atoms with van der Waals surface area (Å²) in [7, 11) is 1.43. The van der Waals surface area contributed by atoms with Gasteiger partial charge >= 0.3 is 5.69 Å². The summed E-state index contributed by atoms with van der Waals surface area (Å²) in [6, 6.07) is 0. The fourth-order valence-electron chi connectivity index (χ4n) is 2.92. The first kappa shape index (κ1) is 17.7. The van der Waals surface area contributed by atoms with E-state index in [1.54, 1.807) is 0 Å². The molecule has 9 heteroatoms. The maximum absolute atomic E-state index is 12.5. The van der Waals surface area contributed by atoms with Crippen LogP contribution in [0, 0.1) is 0 Å². The summed E-state index contributed by atoms with van der Waals surface area (Å²) in [6.45, 7) is 7.25. The third-order valence-corrected chi connectivity index (χ3v) is 5.16. The normalized spacial score (nSPS) is 15.1. The maximum Gasteiger partial charge on any atom is 0.332 e. The van der Waals surface area contributed by atoms with Gasteiger partial charge in [-0.2, -0.15) is 0 Å². The smallest absolute Gasteiger partial charge is 0.332 e. The molecule has 0 aliphatic carbocycles. The van der Waals surface area contributed by atoms with Crippen molar-refractivity contribution in [3.8, 4) is 0 Å². The summed E-state index contributed by atoms with van der Waals surface area (Å²) in [4.78, 5) is 43.9. The van der Waals surface area contributed by atoms with Gasteiger partial charge in [-0.25, -0.2) is 9.78 Å². The predicted octanol–water partition coefficient (Wildman–Crippen LogP) is 0.672. The molecule has 1 saturated heterocycles. The van der Waals surface area contributed by atoms with Gasteiger partial charge in [0.05, 0.1) is 0 Å². The summed E-state index contributed by atoms with van der Waals surface area (Å²) in [5, 5.41) is 3.57. The lowest BCUT2D eigenvalue weighted by atomic mass is 10.1. The molecular formula is C16H23N5O3S. The summed E-state index contributed by atoms with van der Waals surface area (Å²) < 4.78 is 2.74. The van der Waals surface area contributed by atoms with Gasteiger partial charge in [-0.1, -0.05) is 11.3 Å². The number of carbonyl (C=O) groups is 1. The molecule has 0 radical (unpaired) electrons. The molecule has 2 aromatic rings. The molecule has 136 valence electrons. The minimum atomic E-state index is -0.528. The number of thiazole rings is 1. The molecule has 3 rings (SSSR count). The van der Waals surface area contributed by atoms with Gasteiger partial charge in [0, 0.05) is 25.7 Å². The monoisotopic (exact) mass is 365 g/mol. The molecule has 0 aromatic carbocycles. The number of amides is 1. The van der Waals surface area contributed by atoms with Crippen molar-refractivity contribution < 1.29 is 4.79 Å². The van der Waals surface area contributed by atoms with Crippen LogP contribution in [0.4, 0.5) is 5.13 Å². The molecule has 25 heavy (non-hydrogen) atoms. The SMILES string of the molecule is Cn1c(=O)c2sc(N3CCCC3)nc2n(CC(=O)NC(C)(C)C)c1=O. The van der Waals surface area contributed by atoms with Crippen LogP contribution in [0.25, 0.3) is 10.3 Å². The Labute approximate surface area is 149 Å². The molecule has 1 N–H and O–H groups in total. The zero-order valence-electron chi connectivity index (χ0n) is 15.0. The van der Waals surface area contributed by atoms with E-state index < -0.39 is 11.2 Å². The average Bonchev–Trinajstić information content (AvgIpc) is 3.16. The molecule has 1 aliphatic heterocycles. The highest BCUT2D eigenvalue weighted by Gasteiger charge is 2.23. The van der Waals surface area contributed by atoms with Crippen molar-refractivity contribution in [3.63, 3.8) is 0 Å². The molecule has 0 unspecified atom stereocenters. The van der Waals surface area contributed by atoms with Crippen LogP contribution >= 0.6 is 11.3 Å². The maximum atomic E-state index is 12.5. The number of hydrogen-bond donors (Lipinski definition) is 1. The zero-order valence-corrected chi connectivity index (χ0v) is 15.8. The average molecular weight is 365 g/mol. The lowest BCUT2D eigenvalue weighted by Gasteiger charge is -2.20. The lowest BCUT2D eigenvalue weighted by molar-refractivity contribution is -0.123. The van der Waals surface area contributed by atoms with Crippen LogP contribution in [0.1, 0.15) is 33.6 Å². The van der Waals surface area contributed by atoms with Gasteiger partial charge in [0.2, 0.25) is 5.91 Å². The largest absolute Gasteiger partial charge is 0.350 e. The third kappa shape index (κ3) is 3.46. The molecule has 8 nitrogen and oxygen atoms in total. The van der Waals surface area contributed by atoms with Crippen LogP contribution in [0.2, 0.25) is 0 Å². The minimum absolute atomic E-state index is 0.163. The van der Waals surface area contributed by atoms with Crippen molar-refractivity contribution in [2.24, 2.45) is 7.05 Å². The van der Waals surface area contributed by atoms with Crippen LogP contribution in [-0.4, -0.2) is 38.7 Å². The number of nitrogens with one attached hydrogen (secondary N) is 1. The zero-order chi connectivity index (χ0) is 18.4. The minimum Gasteiger partial charge on any atom is -0.350 e. The van der Waals surface area contributed by atoms with Crippen LogP contribution < -0.4 is 21.5 Å². The van der Waals surface area contributed by atoms with E-state index in [1.165, 1.54) is 23.0 Å². The van der Waals surface area contributed by atoms with E-state index in [-0.39, 0.29) is 18.0 Å². The summed E-state index contributed by atoms with van der Waals surface area (Å²) in [5.74, 6) is -0.287. The number of aromatic nitrogens is 3. The molecule has 0 atom stereocenters. The molecule has 2 aromatic heterocycles. The molecule has 1 fully saturated rings. The van der Waals surface area contributed by atoms with Gasteiger partial charge in [0.1, 0.15) is 11.2 Å². The second-order valence-electron chi connectivity index (χ2n) is 7.37. The van der Waals surface area contributed by atoms with Gasteiger partial charge in [-0.05, 0) is 33.6 Å². The number of hydrogen-bond acceptors (Lipinski definition) is 6. The Balaban J connectivity index is 2.08. The van der Waals surface area contributed by atoms with Crippen molar-refractivity contribution in [1.29, 1.82) is 0 Å². The predicted molar refractivity (Wildman–Crippen MR) is 98.5 cm³/mol. The van der Waals surface area contributed by atoms with E-state index in [4.69, 9.17) is 0 Å². The highest BCUT2D eigenvalue weighted by Crippen LogP contribution is 2.28. The first-order chi connectivity index (χ1) is 11.7. The van der Waals surface area contributed by atoms with Gasteiger partial charge < -0.3 is 10.2 Å². The van der Waals surface area contributed by atoms with Crippen molar-refractivity contribution >= 4 is 32.7 Å². The van der Waals surface area contributed by atoms with Gasteiger partial charge in [0.25, 0.3) is 5.56 Å². The second kappa shape index (κ2) is 6.29. The standard InChI is InChI=1S/C16H23N5O3S/c1-16(2,3)18-10(22)9-21-12-11(13(23)19(4)15(21)24)25-14(17-12)20-7-5-6-8-20/h5-9H2,1-4H3,(H,18,22). The topological polar surface area (TPSA) is 89.2 Å². The highest BCUT2D eigenvalue weighted by molar-refractivity contribution is 7.22. The Morgan fingerprint density at radius 1 is 1.24 bits per heavy atom. The first-order valence-electron chi connectivity index (χ1n) is 8.34. The van der Waals surface area contributed by atoms with Crippen LogP contribution in [-0.2, 0) is 18.4 Å². The van der Waals surface area contributed by atoms with E-state index in [9.17, 15) is 14.4 Å². The highest BCUT2D eigenvalue weighted by atomic mass is 32.1. The van der Waals surface area contributed by atoms with Crippen molar-refractivity contribution in [2.75, 3.05) is 18.0 Å². The van der Waals surface area contributed by atoms with Crippen LogP contribution in [0.15, 0.2) is 9.59 Å². The molecular weight excluding hydrogens is 342 g/mol. The van der Waals surface area contributed by atoms with Gasteiger partial charge in [-0.15, -0.1) is 0 Å². The Morgan fingerprint density at radius 3 is 2.48 bits per heavy atom. The number of carbonyl (C=O) groups excluding carboxylic acids is 1. The van der Waals surface area contributed by atoms with E-state index in [0.717, 1.165) is 35.6 Å². The molecule has 0 spiro atoms. The Kier molecular flexibility index (Phi) is 4.44. The lowest BCUT2D eigenvalue weighted by Crippen LogP contribution is -2.45. The van der Waals surface area contributed by atoms with Crippen molar-refractivity contribution in [2.45, 2.75) is 45.7 Å². The fourth-order valence-corrected chi connectivity index (χ4v) is 4.02. The van der Waals surface area contributed by atoms with Gasteiger partial charge in [-0.3, -0.25) is 18.7 Å². The second-order valence-corrected chi connectivity index (χ2v) is 8.35.